The first kappa shape index (κ1) is 50.9. The van der Waals surface area contributed by atoms with E-state index in [9.17, 15) is 29.1 Å². The maximum absolute atomic E-state index is 12.8. The molecule has 66 heavy (non-hydrogen) atoms. The number of nitrogens with zero attached hydrogens (tertiary/aromatic N) is 2. The van der Waals surface area contributed by atoms with Crippen LogP contribution in [0.2, 0.25) is 0 Å². The number of hydrogen-bond donors (Lipinski definition) is 2. The lowest BCUT2D eigenvalue weighted by atomic mass is 10.00. The van der Waals surface area contributed by atoms with Crippen molar-refractivity contribution in [1.82, 2.24) is 9.80 Å². The van der Waals surface area contributed by atoms with Gasteiger partial charge in [0.05, 0.1) is 24.8 Å². The van der Waals surface area contributed by atoms with Gasteiger partial charge < -0.3 is 24.7 Å². The van der Waals surface area contributed by atoms with E-state index in [1.54, 1.807) is 12.2 Å². The third kappa shape index (κ3) is 17.7. The predicted molar refractivity (Wildman–Crippen MR) is 259 cm³/mol. The van der Waals surface area contributed by atoms with E-state index in [2.05, 4.69) is 30.3 Å². The number of amides is 2. The molecule has 350 valence electrons. The molecule has 0 radical (unpaired) electrons. The van der Waals surface area contributed by atoms with Crippen LogP contribution in [0, 0.1) is 0 Å². The minimum Gasteiger partial charge on any atom is -0.481 e. The van der Waals surface area contributed by atoms with Crippen molar-refractivity contribution < 1.29 is 38.9 Å². The molecule has 0 saturated carbocycles. The number of rotatable bonds is 25. The third-order valence-electron chi connectivity index (χ3n) is 12.1. The predicted octanol–water partition coefficient (Wildman–Crippen LogP) is 10.4. The molecule has 2 aliphatic heterocycles. The Balaban J connectivity index is 0.000000248. The van der Waals surface area contributed by atoms with Gasteiger partial charge in [-0.05, 0) is 98.2 Å². The van der Waals surface area contributed by atoms with Crippen molar-refractivity contribution in [2.24, 2.45) is 0 Å². The van der Waals surface area contributed by atoms with Gasteiger partial charge in [0.1, 0.15) is 0 Å². The van der Waals surface area contributed by atoms with Crippen molar-refractivity contribution >= 4 is 29.5 Å². The highest BCUT2D eigenvalue weighted by molar-refractivity contribution is 6.04. The number of benzene rings is 4. The first-order valence-corrected chi connectivity index (χ1v) is 23.9. The molecular formula is C56H68N2O8. The lowest BCUT2D eigenvalue weighted by molar-refractivity contribution is -0.143. The summed E-state index contributed by atoms with van der Waals surface area (Å²) >= 11 is 0. The fourth-order valence-electron chi connectivity index (χ4n) is 8.57. The number of esters is 1. The monoisotopic (exact) mass is 896 g/mol. The van der Waals surface area contributed by atoms with Gasteiger partial charge in [-0.15, -0.1) is 0 Å². The number of carbonyl (C=O) groups is 5. The van der Waals surface area contributed by atoms with E-state index in [1.807, 2.05) is 108 Å². The summed E-state index contributed by atoms with van der Waals surface area (Å²) in [6.45, 7) is 3.61. The number of aliphatic hydroxyl groups is 1. The van der Waals surface area contributed by atoms with Crippen LogP contribution in [-0.2, 0) is 36.8 Å². The maximum Gasteiger partial charge on any atom is 0.305 e. The first-order chi connectivity index (χ1) is 32.1. The van der Waals surface area contributed by atoms with E-state index in [4.69, 9.17) is 9.84 Å². The molecule has 0 spiro atoms. The van der Waals surface area contributed by atoms with Gasteiger partial charge in [0.25, 0.3) is 0 Å². The van der Waals surface area contributed by atoms with Crippen LogP contribution >= 0.6 is 0 Å². The largest absolute Gasteiger partial charge is 0.481 e. The molecule has 4 aromatic rings. The Labute approximate surface area is 391 Å². The summed E-state index contributed by atoms with van der Waals surface area (Å²) in [4.78, 5) is 63.2. The molecule has 0 aliphatic carbocycles. The molecule has 2 amide bonds. The Kier molecular flexibility index (Phi) is 21.6. The number of ether oxygens (including phenoxy) is 1. The Morgan fingerprint density at radius 3 is 1.73 bits per heavy atom. The zero-order valence-electron chi connectivity index (χ0n) is 38.6. The number of carbonyl (C=O) groups excluding carboxylic acids is 4. The number of aliphatic carboxylic acids is 1. The summed E-state index contributed by atoms with van der Waals surface area (Å²) < 4.78 is 4.94. The van der Waals surface area contributed by atoms with Gasteiger partial charge in [-0.2, -0.15) is 0 Å². The Bertz CT molecular complexity index is 2200. The number of allylic oxidation sites excluding steroid dienone is 1. The normalized spacial score (nSPS) is 16.5. The third-order valence-corrected chi connectivity index (χ3v) is 12.1. The molecule has 10 heteroatoms. The zero-order valence-corrected chi connectivity index (χ0v) is 38.6. The van der Waals surface area contributed by atoms with Crippen molar-refractivity contribution in [3.63, 3.8) is 0 Å². The fourth-order valence-corrected chi connectivity index (χ4v) is 8.57. The van der Waals surface area contributed by atoms with Gasteiger partial charge in [-0.1, -0.05) is 147 Å². The van der Waals surface area contributed by atoms with Crippen LogP contribution in [-0.4, -0.2) is 81.3 Å². The second-order valence-electron chi connectivity index (χ2n) is 17.2. The molecule has 2 fully saturated rings. The maximum atomic E-state index is 12.8. The molecule has 4 aromatic carbocycles. The lowest BCUT2D eigenvalue weighted by Crippen LogP contribution is -2.32. The molecule has 6 rings (SSSR count). The van der Waals surface area contributed by atoms with Crippen LogP contribution in [0.3, 0.4) is 0 Å². The summed E-state index contributed by atoms with van der Waals surface area (Å²) in [5.74, 6) is -0.622. The Morgan fingerprint density at radius 2 is 1.15 bits per heavy atom. The van der Waals surface area contributed by atoms with Crippen molar-refractivity contribution in [1.29, 1.82) is 0 Å². The van der Waals surface area contributed by atoms with Gasteiger partial charge in [-0.25, -0.2) is 0 Å². The number of unbranched alkanes of at least 4 members (excludes halogenated alkanes) is 6. The first-order valence-electron chi connectivity index (χ1n) is 23.9. The van der Waals surface area contributed by atoms with Crippen LogP contribution in [0.15, 0.2) is 133 Å². The standard InChI is InChI=1S/C29H35NO4.C27H33NO4/c1-2-34-29(33)15-8-3-4-9-20-30-26(17-19-28(30)32)16-18-27(31)25-14-10-13-24(22-25)21-23-11-6-5-7-12-23;29-25(23-12-8-11-22(20-23)19-21-9-4-3-5-10-21)16-14-24-15-17-26(30)28(24)18-7-2-1-6-13-27(31)32/h5-7,10-14,16,18,22,26H,2-4,8-9,15,17,19-21H2,1H3;3-5,8-12,14,16,20,24-25,29H,1-2,6-7,13,15,17-19H2,(H,31,32)/b18-16+;16-14+/t26-;24-,25?/m00/s1. The van der Waals surface area contributed by atoms with E-state index >= 15 is 0 Å². The topological polar surface area (TPSA) is 142 Å². The van der Waals surface area contributed by atoms with Gasteiger partial charge >= 0.3 is 11.9 Å². The molecule has 1 unspecified atom stereocenters. The summed E-state index contributed by atoms with van der Waals surface area (Å²) in [6, 6.07) is 36.2. The van der Waals surface area contributed by atoms with E-state index < -0.39 is 12.1 Å². The molecule has 0 aromatic heterocycles. The van der Waals surface area contributed by atoms with Crippen LogP contribution in [0.1, 0.15) is 141 Å². The molecular weight excluding hydrogens is 829 g/mol. The number of carboxylic acid groups (broad SMARTS) is 1. The summed E-state index contributed by atoms with van der Waals surface area (Å²) in [5.41, 5.74) is 6.22. The molecule has 10 nitrogen and oxygen atoms in total. The number of hydrogen-bond acceptors (Lipinski definition) is 7. The van der Waals surface area contributed by atoms with Crippen molar-refractivity contribution in [3.8, 4) is 0 Å². The van der Waals surface area contributed by atoms with Gasteiger partial charge in [0.15, 0.2) is 5.78 Å². The summed E-state index contributed by atoms with van der Waals surface area (Å²) in [5, 5.41) is 19.4. The fraction of sp³-hybridized carbons (Fsp3) is 0.411. The summed E-state index contributed by atoms with van der Waals surface area (Å²) in [6.07, 6.45) is 18.4. The second kappa shape index (κ2) is 28.0. The average molecular weight is 897 g/mol. The SMILES string of the molecule is CCOC(=O)CCCCCCN1C(=O)CC[C@@H]1/C=C/C(=O)c1cccc(Cc2ccccc2)c1.O=C(O)CCCCCCN1C(=O)CC[C@@H]1/C=C/C(O)c1cccc(Cc2ccccc2)c1. The molecule has 0 bridgehead atoms. The number of ketones is 1. The minimum absolute atomic E-state index is 0.0173. The second-order valence-corrected chi connectivity index (χ2v) is 17.2. The molecule has 2 N–H and O–H groups in total. The van der Waals surface area contributed by atoms with Crippen molar-refractivity contribution in [3.05, 3.63) is 167 Å². The van der Waals surface area contributed by atoms with Crippen molar-refractivity contribution in [2.45, 2.75) is 128 Å². The lowest BCUT2D eigenvalue weighted by Gasteiger charge is -2.22. The average Bonchev–Trinajstić information content (AvgIpc) is 3.86. The van der Waals surface area contributed by atoms with E-state index in [1.165, 1.54) is 11.1 Å². The van der Waals surface area contributed by atoms with Gasteiger partial charge in [-0.3, -0.25) is 24.0 Å². The highest BCUT2D eigenvalue weighted by atomic mass is 16.5. The van der Waals surface area contributed by atoms with Crippen molar-refractivity contribution in [2.75, 3.05) is 19.7 Å². The quantitative estimate of drug-likeness (QED) is 0.0220. The van der Waals surface area contributed by atoms with Gasteiger partial charge in [0.2, 0.25) is 11.8 Å². The van der Waals surface area contributed by atoms with Crippen LogP contribution in [0.25, 0.3) is 0 Å². The summed E-state index contributed by atoms with van der Waals surface area (Å²) in [7, 11) is 0. The molecule has 2 aliphatic rings. The van der Waals surface area contributed by atoms with Crippen LogP contribution in [0.5, 0.6) is 0 Å². The number of aliphatic hydroxyl groups excluding tert-OH is 1. The zero-order chi connectivity index (χ0) is 46.9. The Morgan fingerprint density at radius 1 is 0.636 bits per heavy atom. The highest BCUT2D eigenvalue weighted by Gasteiger charge is 2.29. The number of likely N-dealkylation sites (tertiary alicyclic amines) is 2. The van der Waals surface area contributed by atoms with Crippen LogP contribution in [0.4, 0.5) is 0 Å². The molecule has 2 saturated heterocycles. The highest BCUT2D eigenvalue weighted by Crippen LogP contribution is 2.25. The van der Waals surface area contributed by atoms with E-state index in [-0.39, 0.29) is 42.1 Å². The van der Waals surface area contributed by atoms with Gasteiger partial charge in [0, 0.05) is 44.3 Å². The minimum atomic E-state index is -0.755. The molecule has 3 atom stereocenters. The van der Waals surface area contributed by atoms with E-state index in [0.29, 0.717) is 50.9 Å². The smallest absolute Gasteiger partial charge is 0.305 e. The van der Waals surface area contributed by atoms with E-state index in [0.717, 1.165) is 87.3 Å². The van der Waals surface area contributed by atoms with Crippen LogP contribution < -0.4 is 0 Å². The Hall–Kier alpha value is -6.13. The number of carboxylic acids is 1. The molecule has 2 heterocycles.